The summed E-state index contributed by atoms with van der Waals surface area (Å²) in [5.74, 6) is 0.581. The minimum atomic E-state index is -0.810. The van der Waals surface area contributed by atoms with Crippen LogP contribution in [-0.4, -0.2) is 22.8 Å². The number of nitrogens with one attached hydrogen (secondary N) is 1. The Balaban J connectivity index is 2.71. The maximum Gasteiger partial charge on any atom is 0.101 e. The van der Waals surface area contributed by atoms with Crippen LogP contribution in [0.25, 0.3) is 0 Å². The molecule has 1 aromatic rings. The molecule has 1 atom stereocenters. The number of halogens is 1. The van der Waals surface area contributed by atoms with E-state index in [0.29, 0.717) is 17.9 Å². The quantitative estimate of drug-likeness (QED) is 0.922. The molecule has 1 unspecified atom stereocenters. The lowest BCUT2D eigenvalue weighted by Gasteiger charge is -2.07. The molecule has 0 saturated heterocycles. The molecule has 1 rings (SSSR count). The molecule has 0 fully saturated rings. The van der Waals surface area contributed by atoms with Crippen molar-refractivity contribution in [2.24, 2.45) is 0 Å². The number of benzene rings is 1. The number of anilines is 1. The van der Waals surface area contributed by atoms with E-state index in [-0.39, 0.29) is 0 Å². The number of hydrogen-bond donors (Lipinski definition) is 1. The largest absolute Gasteiger partial charge is 0.383 e. The Bertz CT molecular complexity index is 414. The average molecular weight is 287 g/mol. The first-order valence-electron chi connectivity index (χ1n) is 4.37. The van der Waals surface area contributed by atoms with E-state index in [4.69, 9.17) is 5.26 Å². The van der Waals surface area contributed by atoms with Gasteiger partial charge in [0.1, 0.15) is 6.07 Å². The van der Waals surface area contributed by atoms with Crippen molar-refractivity contribution >= 4 is 32.4 Å². The van der Waals surface area contributed by atoms with Crippen LogP contribution in [0.2, 0.25) is 0 Å². The van der Waals surface area contributed by atoms with Crippen LogP contribution in [-0.2, 0) is 10.8 Å². The molecule has 0 amide bonds. The molecule has 0 aliphatic rings. The summed E-state index contributed by atoms with van der Waals surface area (Å²) in [6.07, 6.45) is 1.66. The zero-order chi connectivity index (χ0) is 11.3. The topological polar surface area (TPSA) is 52.9 Å². The standard InChI is InChI=1S/C10H11BrN2OS/c1-15(14)5-4-13-10-6-9(11)3-2-8(10)7-12/h2-3,6,13H,4-5H2,1H3. The van der Waals surface area contributed by atoms with Gasteiger partial charge in [-0.2, -0.15) is 5.26 Å². The van der Waals surface area contributed by atoms with Crippen LogP contribution in [0.1, 0.15) is 5.56 Å². The average Bonchev–Trinajstić information content (AvgIpc) is 2.17. The summed E-state index contributed by atoms with van der Waals surface area (Å²) in [5, 5.41) is 11.9. The van der Waals surface area contributed by atoms with Crippen molar-refractivity contribution in [3.8, 4) is 6.07 Å². The van der Waals surface area contributed by atoms with Crippen LogP contribution < -0.4 is 5.32 Å². The van der Waals surface area contributed by atoms with Gasteiger partial charge in [-0.25, -0.2) is 0 Å². The van der Waals surface area contributed by atoms with Crippen LogP contribution in [0.5, 0.6) is 0 Å². The highest BCUT2D eigenvalue weighted by Crippen LogP contribution is 2.20. The van der Waals surface area contributed by atoms with Crippen molar-refractivity contribution in [1.82, 2.24) is 0 Å². The molecule has 15 heavy (non-hydrogen) atoms. The highest BCUT2D eigenvalue weighted by molar-refractivity contribution is 9.10. The van der Waals surface area contributed by atoms with Gasteiger partial charge in [0.2, 0.25) is 0 Å². The van der Waals surface area contributed by atoms with E-state index in [0.717, 1.165) is 10.2 Å². The molecular formula is C10H11BrN2OS. The maximum absolute atomic E-state index is 10.9. The van der Waals surface area contributed by atoms with E-state index in [9.17, 15) is 4.21 Å². The van der Waals surface area contributed by atoms with E-state index in [2.05, 4.69) is 27.3 Å². The van der Waals surface area contributed by atoms with Crippen molar-refractivity contribution in [3.05, 3.63) is 28.2 Å². The van der Waals surface area contributed by atoms with Crippen molar-refractivity contribution in [1.29, 1.82) is 5.26 Å². The van der Waals surface area contributed by atoms with Crippen LogP contribution in [0.4, 0.5) is 5.69 Å². The summed E-state index contributed by atoms with van der Waals surface area (Å²) in [4.78, 5) is 0. The Labute approximate surface area is 100 Å². The molecule has 0 aromatic heterocycles. The Morgan fingerprint density at radius 1 is 1.60 bits per heavy atom. The lowest BCUT2D eigenvalue weighted by molar-refractivity contribution is 0.687. The van der Waals surface area contributed by atoms with E-state index >= 15 is 0 Å². The molecule has 0 radical (unpaired) electrons. The monoisotopic (exact) mass is 286 g/mol. The Hall–Kier alpha value is -0.860. The van der Waals surface area contributed by atoms with Gasteiger partial charge >= 0.3 is 0 Å². The molecule has 0 aliphatic carbocycles. The van der Waals surface area contributed by atoms with E-state index in [1.807, 2.05) is 12.1 Å². The normalized spacial score (nSPS) is 11.8. The second kappa shape index (κ2) is 5.89. The van der Waals surface area contributed by atoms with Gasteiger partial charge in [0.25, 0.3) is 0 Å². The molecule has 0 heterocycles. The first-order valence-corrected chi connectivity index (χ1v) is 6.89. The van der Waals surface area contributed by atoms with Gasteiger partial charge in [-0.05, 0) is 18.2 Å². The summed E-state index contributed by atoms with van der Waals surface area (Å²) < 4.78 is 11.8. The van der Waals surface area contributed by atoms with Crippen molar-refractivity contribution < 1.29 is 4.21 Å². The summed E-state index contributed by atoms with van der Waals surface area (Å²) in [6.45, 7) is 0.605. The predicted octanol–water partition coefficient (Wildman–Crippen LogP) is 2.11. The van der Waals surface area contributed by atoms with Crippen LogP contribution in [0.3, 0.4) is 0 Å². The molecule has 5 heteroatoms. The Morgan fingerprint density at radius 3 is 2.93 bits per heavy atom. The molecule has 1 N–H and O–H groups in total. The van der Waals surface area contributed by atoms with Gasteiger partial charge in [0, 0.05) is 33.8 Å². The van der Waals surface area contributed by atoms with Gasteiger partial charge in [-0.1, -0.05) is 15.9 Å². The third-order valence-electron chi connectivity index (χ3n) is 1.81. The van der Waals surface area contributed by atoms with Gasteiger partial charge < -0.3 is 5.32 Å². The zero-order valence-electron chi connectivity index (χ0n) is 8.29. The number of nitriles is 1. The first kappa shape index (κ1) is 12.2. The molecular weight excluding hydrogens is 276 g/mol. The van der Waals surface area contributed by atoms with Gasteiger partial charge in [0.15, 0.2) is 0 Å². The molecule has 1 aromatic carbocycles. The molecule has 0 aliphatic heterocycles. The smallest absolute Gasteiger partial charge is 0.101 e. The van der Waals surface area contributed by atoms with E-state index < -0.39 is 10.8 Å². The molecule has 0 spiro atoms. The number of hydrogen-bond acceptors (Lipinski definition) is 3. The molecule has 80 valence electrons. The number of rotatable bonds is 4. The van der Waals surface area contributed by atoms with Crippen molar-refractivity contribution in [2.45, 2.75) is 0 Å². The predicted molar refractivity (Wildman–Crippen MR) is 66.3 cm³/mol. The number of nitrogens with zero attached hydrogens (tertiary/aromatic N) is 1. The lowest BCUT2D eigenvalue weighted by atomic mass is 10.2. The molecule has 0 bridgehead atoms. The fourth-order valence-corrected chi connectivity index (χ4v) is 1.84. The minimum Gasteiger partial charge on any atom is -0.383 e. The van der Waals surface area contributed by atoms with Gasteiger partial charge in [-0.15, -0.1) is 0 Å². The fourth-order valence-electron chi connectivity index (χ4n) is 1.09. The highest BCUT2D eigenvalue weighted by Gasteiger charge is 2.02. The van der Waals surface area contributed by atoms with Crippen LogP contribution >= 0.6 is 15.9 Å². The van der Waals surface area contributed by atoms with Crippen LogP contribution in [0, 0.1) is 11.3 Å². The summed E-state index contributed by atoms with van der Waals surface area (Å²) in [7, 11) is -0.810. The summed E-state index contributed by atoms with van der Waals surface area (Å²) >= 11 is 3.34. The van der Waals surface area contributed by atoms with Gasteiger partial charge in [-0.3, -0.25) is 4.21 Å². The third kappa shape index (κ3) is 4.02. The van der Waals surface area contributed by atoms with E-state index in [1.54, 1.807) is 12.3 Å². The third-order valence-corrected chi connectivity index (χ3v) is 3.08. The second-order valence-corrected chi connectivity index (χ2v) is 5.48. The van der Waals surface area contributed by atoms with Crippen molar-refractivity contribution in [2.75, 3.05) is 23.9 Å². The SMILES string of the molecule is CS(=O)CCNc1cc(Br)ccc1C#N. The molecule has 3 nitrogen and oxygen atoms in total. The maximum atomic E-state index is 10.9. The second-order valence-electron chi connectivity index (χ2n) is 3.01. The van der Waals surface area contributed by atoms with Gasteiger partial charge in [0.05, 0.1) is 11.3 Å². The zero-order valence-corrected chi connectivity index (χ0v) is 10.7. The van der Waals surface area contributed by atoms with Crippen molar-refractivity contribution in [3.63, 3.8) is 0 Å². The highest BCUT2D eigenvalue weighted by atomic mass is 79.9. The first-order chi connectivity index (χ1) is 7.13. The summed E-state index contributed by atoms with van der Waals surface area (Å²) in [6, 6.07) is 7.51. The minimum absolute atomic E-state index is 0.581. The Morgan fingerprint density at radius 2 is 2.33 bits per heavy atom. The van der Waals surface area contributed by atoms with E-state index in [1.165, 1.54) is 0 Å². The van der Waals surface area contributed by atoms with Crippen LogP contribution in [0.15, 0.2) is 22.7 Å². The molecule has 0 saturated carbocycles. The fraction of sp³-hybridized carbons (Fsp3) is 0.300. The summed E-state index contributed by atoms with van der Waals surface area (Å²) in [5.41, 5.74) is 1.37. The Kier molecular flexibility index (Phi) is 4.79. The lowest BCUT2D eigenvalue weighted by Crippen LogP contribution is -2.10.